The third-order valence-corrected chi connectivity index (χ3v) is 15.3. The maximum atomic E-state index is 8.67. The van der Waals surface area contributed by atoms with Gasteiger partial charge in [0.15, 0.2) is 0 Å². The van der Waals surface area contributed by atoms with Crippen LogP contribution in [0.25, 0.3) is 67.0 Å². The number of nitrogens with one attached hydrogen (secondary N) is 2. The number of hydrogen-bond donors (Lipinski definition) is 4. The number of fused-ring (bicyclic) bond motifs is 2. The molecule has 1 aliphatic heterocycles. The monoisotopic (exact) mass is 1180 g/mol. The van der Waals surface area contributed by atoms with Gasteiger partial charge < -0.3 is 48.0 Å². The van der Waals surface area contributed by atoms with Crippen molar-refractivity contribution in [3.63, 3.8) is 0 Å². The van der Waals surface area contributed by atoms with Gasteiger partial charge in [-0.15, -0.1) is 20.4 Å². The molecule has 0 amide bonds. The van der Waals surface area contributed by atoms with Crippen molar-refractivity contribution >= 4 is 58.3 Å². The van der Waals surface area contributed by atoms with Crippen molar-refractivity contribution in [2.45, 2.75) is 92.5 Å². The van der Waals surface area contributed by atoms with E-state index in [1.807, 2.05) is 94.6 Å². The van der Waals surface area contributed by atoms with Gasteiger partial charge in [-0.3, -0.25) is 19.9 Å². The summed E-state index contributed by atoms with van der Waals surface area (Å²) in [5.74, 6) is 0.890. The fourth-order valence-corrected chi connectivity index (χ4v) is 9.54. The third-order valence-electron chi connectivity index (χ3n) is 15.3. The normalized spacial score (nSPS) is 13.0. The average molecular weight is 1180 g/mol. The number of hydrogen-bond acceptors (Lipinski definition) is 18. The van der Waals surface area contributed by atoms with E-state index >= 15 is 0 Å². The van der Waals surface area contributed by atoms with Crippen LogP contribution in [0.5, 0.6) is 0 Å². The minimum atomic E-state index is -1.35. The molecule has 0 bridgehead atoms. The molecule has 0 saturated carbocycles. The Bertz CT molecular complexity index is 3900. The Balaban J connectivity index is 0.000000140. The van der Waals surface area contributed by atoms with Crippen LogP contribution >= 0.6 is 0 Å². The van der Waals surface area contributed by atoms with Gasteiger partial charge in [0, 0.05) is 109 Å². The molecule has 0 unspecified atom stereocenters. The highest BCUT2D eigenvalue weighted by Gasteiger charge is 2.51. The quantitative estimate of drug-likeness (QED) is 0.0519. The molecule has 12 aromatic rings. The Hall–Kier alpha value is -9.73. The molecule has 0 radical (unpaired) electrons. The molecule has 1 aliphatic rings. The lowest BCUT2D eigenvalue weighted by Gasteiger charge is -2.32. The van der Waals surface area contributed by atoms with E-state index in [-0.39, 0.29) is 18.3 Å². The molecule has 4 N–H and O–H groups in total. The molecule has 0 aliphatic carbocycles. The van der Waals surface area contributed by atoms with Gasteiger partial charge in [0.05, 0.1) is 57.4 Å². The average Bonchev–Trinajstić information content (AvgIpc) is 3.43. The minimum absolute atomic E-state index is 0.289. The van der Waals surface area contributed by atoms with Gasteiger partial charge in [-0.1, -0.05) is 83.9 Å². The van der Waals surface area contributed by atoms with E-state index < -0.39 is 7.12 Å². The highest BCUT2D eigenvalue weighted by Crippen LogP contribution is 2.38. The van der Waals surface area contributed by atoms with Gasteiger partial charge in [0.1, 0.15) is 0 Å². The minimum Gasteiger partial charge on any atom is -0.423 e. The Morgan fingerprint density at radius 1 is 0.523 bits per heavy atom. The smallest absolute Gasteiger partial charge is 0.423 e. The largest absolute Gasteiger partial charge is 0.496 e. The SMILES string of the molecule is Cc1ccc(-c2ccc3ncc(-c4nnco4)c(NCCCn4ccnc4)c3c2)cc1.Cc1ccc(-c2ccc3ncc(-c4nnco4)c(NCCCn4ccnc4)c3c2)cn1.Cc1ccc(B(O)O)cc1.Cc1ccc(B2OC(C)(C)C(C)(C)O2)cn1. The molecular weight excluding hydrogens is 1110 g/mol. The third kappa shape index (κ3) is 15.4. The molecule has 9 heterocycles. The van der Waals surface area contributed by atoms with Gasteiger partial charge in [-0.05, 0) is 127 Å². The van der Waals surface area contributed by atoms with Crippen LogP contribution in [0.15, 0.2) is 193 Å². The summed E-state index contributed by atoms with van der Waals surface area (Å²) in [6, 6.07) is 36.2. The maximum Gasteiger partial charge on any atom is 0.496 e. The number of aromatic nitrogens is 12. The number of pyridine rings is 4. The predicted octanol–water partition coefficient (Wildman–Crippen LogP) is 10.7. The highest BCUT2D eigenvalue weighted by atomic mass is 16.7. The Morgan fingerprint density at radius 3 is 1.42 bits per heavy atom. The highest BCUT2D eigenvalue weighted by molar-refractivity contribution is 6.62. The number of nitrogens with zero attached hydrogens (tertiary/aromatic N) is 12. The van der Waals surface area contributed by atoms with Crippen LogP contribution < -0.4 is 21.6 Å². The van der Waals surface area contributed by atoms with Crippen LogP contribution in [0.1, 0.15) is 63.1 Å². The van der Waals surface area contributed by atoms with Crippen molar-refractivity contribution < 1.29 is 28.2 Å². The predicted molar refractivity (Wildman–Crippen MR) is 345 cm³/mol. The maximum absolute atomic E-state index is 8.67. The Kier molecular flexibility index (Phi) is 19.7. The molecule has 0 spiro atoms. The second-order valence-corrected chi connectivity index (χ2v) is 22.4. The lowest BCUT2D eigenvalue weighted by molar-refractivity contribution is 0.00578. The van der Waals surface area contributed by atoms with Crippen molar-refractivity contribution in [2.24, 2.45) is 0 Å². The summed E-state index contributed by atoms with van der Waals surface area (Å²) in [6.07, 6.45) is 23.0. The van der Waals surface area contributed by atoms with Crippen LogP contribution in [-0.4, -0.2) is 108 Å². The van der Waals surface area contributed by atoms with Crippen molar-refractivity contribution in [1.82, 2.24) is 59.4 Å². The lowest BCUT2D eigenvalue weighted by atomic mass is 9.80. The first kappa shape index (κ1) is 61.4. The number of anilines is 2. The van der Waals surface area contributed by atoms with Crippen LogP contribution in [0.3, 0.4) is 0 Å². The fraction of sp³-hybridized carbons (Fsp3) is 0.242. The summed E-state index contributed by atoms with van der Waals surface area (Å²) in [4.78, 5) is 26.1. The van der Waals surface area contributed by atoms with Gasteiger partial charge >= 0.3 is 14.2 Å². The first-order valence-electron chi connectivity index (χ1n) is 29.1. The van der Waals surface area contributed by atoms with Crippen molar-refractivity contribution in [3.05, 3.63) is 207 Å². The molecule has 20 nitrogen and oxygen atoms in total. The second-order valence-electron chi connectivity index (χ2n) is 22.4. The molecule has 0 atom stereocenters. The topological polar surface area (TPSA) is 248 Å². The first-order valence-corrected chi connectivity index (χ1v) is 29.1. The van der Waals surface area contributed by atoms with Crippen LogP contribution in [0, 0.1) is 27.7 Å². The molecule has 13 rings (SSSR count). The van der Waals surface area contributed by atoms with Crippen molar-refractivity contribution in [2.75, 3.05) is 23.7 Å². The van der Waals surface area contributed by atoms with E-state index in [1.165, 1.54) is 23.9 Å². The zero-order chi connectivity index (χ0) is 61.6. The van der Waals surface area contributed by atoms with Crippen molar-refractivity contribution in [3.8, 4) is 45.2 Å². The van der Waals surface area contributed by atoms with Crippen LogP contribution in [0.4, 0.5) is 11.4 Å². The number of imidazole rings is 2. The van der Waals surface area contributed by atoms with Crippen LogP contribution in [-0.2, 0) is 22.4 Å². The molecule has 8 aromatic heterocycles. The number of rotatable bonds is 16. The molecular formula is C66H70B2N14O6. The number of aryl methyl sites for hydroxylation is 6. The summed E-state index contributed by atoms with van der Waals surface area (Å²) in [5, 5.41) is 42.4. The Morgan fingerprint density at radius 2 is 0.989 bits per heavy atom. The summed E-state index contributed by atoms with van der Waals surface area (Å²) >= 11 is 0. The van der Waals surface area contributed by atoms with Gasteiger partial charge in [-0.2, -0.15) is 0 Å². The van der Waals surface area contributed by atoms with E-state index in [0.29, 0.717) is 17.2 Å². The molecule has 1 saturated heterocycles. The molecule has 4 aromatic carbocycles. The molecule has 22 heteroatoms. The summed E-state index contributed by atoms with van der Waals surface area (Å²) < 4.78 is 27.0. The summed E-state index contributed by atoms with van der Waals surface area (Å²) in [6.45, 7) is 19.5. The van der Waals surface area contributed by atoms with Crippen molar-refractivity contribution in [1.29, 1.82) is 0 Å². The van der Waals surface area contributed by atoms with Gasteiger partial charge in [-0.25, -0.2) is 9.97 Å². The fourth-order valence-electron chi connectivity index (χ4n) is 9.54. The van der Waals surface area contributed by atoms with E-state index in [2.05, 4.69) is 165 Å². The van der Waals surface area contributed by atoms with E-state index in [0.717, 1.165) is 122 Å². The second kappa shape index (κ2) is 28.2. The van der Waals surface area contributed by atoms with E-state index in [9.17, 15) is 0 Å². The zero-order valence-electron chi connectivity index (χ0n) is 50.6. The molecule has 446 valence electrons. The zero-order valence-corrected chi connectivity index (χ0v) is 50.6. The first-order chi connectivity index (χ1) is 42.6. The lowest BCUT2D eigenvalue weighted by Crippen LogP contribution is -2.41. The van der Waals surface area contributed by atoms with E-state index in [1.54, 1.807) is 36.9 Å². The van der Waals surface area contributed by atoms with Gasteiger partial charge in [0.25, 0.3) is 11.8 Å². The Labute approximate surface area is 511 Å². The van der Waals surface area contributed by atoms with E-state index in [4.69, 9.17) is 28.2 Å². The standard InChI is InChI=1S/C24H22N6O.C23H21N7O.C12H18BNO2.C7H9BO2/c1-17-3-5-18(6-4-17)19-7-8-22-20(13-19)23(21(14-27-22)24-29-28-16-31-24)26-9-2-11-30-12-10-25-15-30;1-16-3-4-18(12-26-16)17-5-6-21-19(11-17)22(20(13-27-21)23-29-28-15-31-23)25-7-2-9-30-10-8-24-14-30;1-9-6-7-10(8-14-9)13-15-11(2,3)12(4,5)16-13;1-6-2-4-7(5-3-6)8(9)10/h3-8,10,12-16H,2,9,11H2,1H3,(H,26,27);3-6,8,10-15H,2,7,9H2,1H3,(H,25,27);6-8H,1-5H3;2-5,9-10H,1H3. The van der Waals surface area contributed by atoms with Crippen LogP contribution in [0.2, 0.25) is 0 Å². The molecule has 88 heavy (non-hydrogen) atoms. The molecule has 1 fully saturated rings. The summed E-state index contributed by atoms with van der Waals surface area (Å²) in [5.41, 5.74) is 15.0. The summed E-state index contributed by atoms with van der Waals surface area (Å²) in [7, 11) is -1.65. The van der Waals surface area contributed by atoms with Gasteiger partial charge in [0.2, 0.25) is 12.8 Å². The number of benzene rings is 4.